The van der Waals surface area contributed by atoms with Gasteiger partial charge >= 0.3 is 5.97 Å². The van der Waals surface area contributed by atoms with Gasteiger partial charge in [-0.2, -0.15) is 0 Å². The monoisotopic (exact) mass is 351 g/mol. The van der Waals surface area contributed by atoms with Crippen LogP contribution in [0.4, 0.5) is 0 Å². The fraction of sp³-hybridized carbons (Fsp3) is 0.667. The van der Waals surface area contributed by atoms with E-state index in [9.17, 15) is 9.59 Å². The first kappa shape index (κ1) is 19.5. The molecular weight excluding hydrogens is 322 g/mol. The van der Waals surface area contributed by atoms with E-state index < -0.39 is 5.97 Å². The van der Waals surface area contributed by atoms with Crippen molar-refractivity contribution in [3.8, 4) is 0 Å². The number of ether oxygens (including phenoxy) is 2. The Morgan fingerprint density at radius 3 is 2.56 bits per heavy atom. The highest BCUT2D eigenvalue weighted by Crippen LogP contribution is 2.22. The SMILES string of the molecule is CCOC(=O)c1c(C)c(C(=O)NCCCN2CCOCC2)c(C)n1C. The van der Waals surface area contributed by atoms with Gasteiger partial charge in [-0.15, -0.1) is 0 Å². The van der Waals surface area contributed by atoms with Crippen molar-refractivity contribution in [2.24, 2.45) is 7.05 Å². The Kier molecular flexibility index (Phi) is 7.01. The lowest BCUT2D eigenvalue weighted by Crippen LogP contribution is -2.38. The first-order valence-electron chi connectivity index (χ1n) is 8.88. The summed E-state index contributed by atoms with van der Waals surface area (Å²) in [4.78, 5) is 27.0. The first-order chi connectivity index (χ1) is 12.0. The lowest BCUT2D eigenvalue weighted by Gasteiger charge is -2.26. The van der Waals surface area contributed by atoms with E-state index >= 15 is 0 Å². The summed E-state index contributed by atoms with van der Waals surface area (Å²) in [6.07, 6.45) is 0.890. The number of hydrogen-bond donors (Lipinski definition) is 1. The molecule has 0 bridgehead atoms. The number of amides is 1. The maximum atomic E-state index is 12.6. The lowest BCUT2D eigenvalue weighted by molar-refractivity contribution is 0.0374. The molecule has 1 fully saturated rings. The van der Waals surface area contributed by atoms with E-state index in [4.69, 9.17) is 9.47 Å². The van der Waals surface area contributed by atoms with E-state index in [1.54, 1.807) is 25.5 Å². The van der Waals surface area contributed by atoms with Crippen LogP contribution in [0.15, 0.2) is 0 Å². The first-order valence-corrected chi connectivity index (χ1v) is 8.88. The Hall–Kier alpha value is -1.86. The predicted octanol–water partition coefficient (Wildman–Crippen LogP) is 1.27. The quantitative estimate of drug-likeness (QED) is 0.592. The third-order valence-corrected chi connectivity index (χ3v) is 4.67. The number of carbonyl (C=O) groups is 2. The van der Waals surface area contributed by atoms with Gasteiger partial charge in [0.25, 0.3) is 5.91 Å². The fourth-order valence-electron chi connectivity index (χ4n) is 3.22. The van der Waals surface area contributed by atoms with Gasteiger partial charge in [-0.25, -0.2) is 4.79 Å². The molecule has 7 heteroatoms. The number of rotatable bonds is 7. The van der Waals surface area contributed by atoms with Crippen LogP contribution in [-0.2, 0) is 16.5 Å². The summed E-state index contributed by atoms with van der Waals surface area (Å²) in [5.74, 6) is -0.528. The van der Waals surface area contributed by atoms with E-state index in [-0.39, 0.29) is 5.91 Å². The fourth-order valence-corrected chi connectivity index (χ4v) is 3.22. The molecule has 25 heavy (non-hydrogen) atoms. The van der Waals surface area contributed by atoms with Gasteiger partial charge < -0.3 is 19.4 Å². The van der Waals surface area contributed by atoms with Crippen LogP contribution in [0.3, 0.4) is 0 Å². The van der Waals surface area contributed by atoms with Gasteiger partial charge in [-0.3, -0.25) is 9.69 Å². The molecule has 1 aromatic heterocycles. The van der Waals surface area contributed by atoms with Gasteiger partial charge in [-0.1, -0.05) is 0 Å². The van der Waals surface area contributed by atoms with E-state index in [1.807, 2.05) is 6.92 Å². The number of nitrogens with zero attached hydrogens (tertiary/aromatic N) is 2. The van der Waals surface area contributed by atoms with E-state index in [0.29, 0.717) is 30.0 Å². The molecule has 0 saturated carbocycles. The molecule has 140 valence electrons. The third kappa shape index (κ3) is 4.61. The molecule has 0 aromatic carbocycles. The van der Waals surface area contributed by atoms with Crippen molar-refractivity contribution in [3.63, 3.8) is 0 Å². The largest absolute Gasteiger partial charge is 0.461 e. The molecule has 2 heterocycles. The third-order valence-electron chi connectivity index (χ3n) is 4.67. The smallest absolute Gasteiger partial charge is 0.355 e. The zero-order chi connectivity index (χ0) is 18.4. The Morgan fingerprint density at radius 1 is 1.24 bits per heavy atom. The van der Waals surface area contributed by atoms with E-state index in [2.05, 4.69) is 10.2 Å². The number of aromatic nitrogens is 1. The van der Waals surface area contributed by atoms with Crippen LogP contribution in [0.25, 0.3) is 0 Å². The minimum atomic E-state index is -0.392. The Labute approximate surface area is 149 Å². The van der Waals surface area contributed by atoms with Crippen LogP contribution in [0.5, 0.6) is 0 Å². The molecule has 0 aliphatic carbocycles. The molecule has 0 unspecified atom stereocenters. The zero-order valence-electron chi connectivity index (χ0n) is 15.7. The van der Waals surface area contributed by atoms with Crippen molar-refractivity contribution < 1.29 is 19.1 Å². The molecule has 0 atom stereocenters. The van der Waals surface area contributed by atoms with Gasteiger partial charge in [-0.05, 0) is 39.3 Å². The Balaban J connectivity index is 1.94. The van der Waals surface area contributed by atoms with Gasteiger partial charge in [0.05, 0.1) is 25.4 Å². The van der Waals surface area contributed by atoms with Crippen LogP contribution in [0.2, 0.25) is 0 Å². The molecule has 1 saturated heterocycles. The van der Waals surface area contributed by atoms with E-state index in [1.165, 1.54) is 0 Å². The van der Waals surface area contributed by atoms with Crippen LogP contribution < -0.4 is 5.32 Å². The van der Waals surface area contributed by atoms with Crippen molar-refractivity contribution in [1.82, 2.24) is 14.8 Å². The highest BCUT2D eigenvalue weighted by atomic mass is 16.5. The Morgan fingerprint density at radius 2 is 1.92 bits per heavy atom. The number of carbonyl (C=O) groups excluding carboxylic acids is 2. The second kappa shape index (κ2) is 9.01. The van der Waals surface area contributed by atoms with Crippen LogP contribution in [0.1, 0.15) is 45.4 Å². The molecule has 1 N–H and O–H groups in total. The molecule has 1 aliphatic heterocycles. The molecule has 1 amide bonds. The van der Waals surface area contributed by atoms with Crippen LogP contribution >= 0.6 is 0 Å². The highest BCUT2D eigenvalue weighted by Gasteiger charge is 2.25. The zero-order valence-corrected chi connectivity index (χ0v) is 15.7. The standard InChI is InChI=1S/C18H29N3O4/c1-5-25-18(23)16-13(2)15(14(3)20(16)4)17(22)19-7-6-8-21-9-11-24-12-10-21/h5-12H2,1-4H3,(H,19,22). The van der Waals surface area contributed by atoms with Crippen LogP contribution in [-0.4, -0.2) is 67.3 Å². The summed E-state index contributed by atoms with van der Waals surface area (Å²) >= 11 is 0. The average Bonchev–Trinajstić information content (AvgIpc) is 2.82. The van der Waals surface area contributed by atoms with Crippen molar-refractivity contribution in [2.75, 3.05) is 46.0 Å². The molecule has 1 aliphatic rings. The normalized spacial score (nSPS) is 15.2. The summed E-state index contributed by atoms with van der Waals surface area (Å²) in [6.45, 7) is 10.7. The molecular formula is C18H29N3O4. The highest BCUT2D eigenvalue weighted by molar-refractivity contribution is 6.01. The minimum absolute atomic E-state index is 0.136. The second-order valence-corrected chi connectivity index (χ2v) is 6.28. The van der Waals surface area contributed by atoms with Gasteiger partial charge in [0.2, 0.25) is 0 Å². The number of esters is 1. The number of nitrogens with one attached hydrogen (secondary N) is 1. The molecule has 7 nitrogen and oxygen atoms in total. The maximum absolute atomic E-state index is 12.6. The Bertz CT molecular complexity index is 618. The van der Waals surface area contributed by atoms with Crippen LogP contribution in [0, 0.1) is 13.8 Å². The van der Waals surface area contributed by atoms with Crippen molar-refractivity contribution in [1.29, 1.82) is 0 Å². The van der Waals surface area contributed by atoms with Gasteiger partial charge in [0.1, 0.15) is 5.69 Å². The predicted molar refractivity (Wildman–Crippen MR) is 95.1 cm³/mol. The second-order valence-electron chi connectivity index (χ2n) is 6.28. The summed E-state index contributed by atoms with van der Waals surface area (Å²) in [5, 5.41) is 2.97. The molecule has 1 aromatic rings. The summed E-state index contributed by atoms with van der Waals surface area (Å²) in [6, 6.07) is 0. The topological polar surface area (TPSA) is 72.8 Å². The molecule has 2 rings (SSSR count). The minimum Gasteiger partial charge on any atom is -0.461 e. The van der Waals surface area contributed by atoms with Gasteiger partial charge in [0, 0.05) is 32.4 Å². The van der Waals surface area contributed by atoms with Gasteiger partial charge in [0.15, 0.2) is 0 Å². The maximum Gasteiger partial charge on any atom is 0.355 e. The van der Waals surface area contributed by atoms with E-state index in [0.717, 1.165) is 45.0 Å². The molecule has 0 spiro atoms. The van der Waals surface area contributed by atoms with Crippen molar-refractivity contribution in [2.45, 2.75) is 27.2 Å². The summed E-state index contributed by atoms with van der Waals surface area (Å²) in [7, 11) is 1.78. The molecule has 0 radical (unpaired) electrons. The van der Waals surface area contributed by atoms with Crippen molar-refractivity contribution >= 4 is 11.9 Å². The van der Waals surface area contributed by atoms with Crippen molar-refractivity contribution in [3.05, 3.63) is 22.5 Å². The summed E-state index contributed by atoms with van der Waals surface area (Å²) in [5.41, 5.74) is 2.45. The lowest BCUT2D eigenvalue weighted by atomic mass is 10.1. The summed E-state index contributed by atoms with van der Waals surface area (Å²) < 4.78 is 12.2. The number of hydrogen-bond acceptors (Lipinski definition) is 5. The average molecular weight is 351 g/mol. The number of morpholine rings is 1.